The van der Waals surface area contributed by atoms with Crippen LogP contribution in [0.3, 0.4) is 0 Å². The van der Waals surface area contributed by atoms with Crippen molar-refractivity contribution in [3.05, 3.63) is 71.8 Å². The number of para-hydroxylation sites is 2. The Morgan fingerprint density at radius 2 is 2.07 bits per heavy atom. The van der Waals surface area contributed by atoms with Crippen LogP contribution in [0.4, 0.5) is 5.69 Å². The first-order chi connectivity index (χ1) is 13.8. The molecule has 1 aliphatic rings. The highest BCUT2D eigenvalue weighted by atomic mass is 16.5. The number of amides is 1. The second kappa shape index (κ2) is 8.67. The van der Waals surface area contributed by atoms with E-state index in [1.807, 2.05) is 47.1 Å². The van der Waals surface area contributed by atoms with E-state index in [2.05, 4.69) is 26.8 Å². The molecule has 0 spiro atoms. The van der Waals surface area contributed by atoms with E-state index < -0.39 is 0 Å². The number of rotatable bonds is 7. The van der Waals surface area contributed by atoms with Crippen molar-refractivity contribution in [3.63, 3.8) is 0 Å². The summed E-state index contributed by atoms with van der Waals surface area (Å²) in [6.45, 7) is 2.99. The molecule has 1 amide bonds. The molecule has 0 bridgehead atoms. The molecule has 28 heavy (non-hydrogen) atoms. The van der Waals surface area contributed by atoms with Gasteiger partial charge in [-0.1, -0.05) is 18.2 Å². The summed E-state index contributed by atoms with van der Waals surface area (Å²) >= 11 is 0. The third-order valence-corrected chi connectivity index (χ3v) is 4.59. The van der Waals surface area contributed by atoms with Crippen molar-refractivity contribution in [3.8, 4) is 5.75 Å². The number of fused-ring (bicyclic) bond motifs is 1. The quantitative estimate of drug-likeness (QED) is 0.661. The maximum absolute atomic E-state index is 12.4. The lowest BCUT2D eigenvalue weighted by atomic mass is 10.2. The fourth-order valence-electron chi connectivity index (χ4n) is 3.16. The smallest absolute Gasteiger partial charge is 0.224 e. The molecule has 7 heteroatoms. The van der Waals surface area contributed by atoms with Crippen LogP contribution in [0.15, 0.2) is 54.7 Å². The first-order valence-electron chi connectivity index (χ1n) is 9.46. The monoisotopic (exact) mass is 377 g/mol. The minimum absolute atomic E-state index is 0.0574. The lowest BCUT2D eigenvalue weighted by molar-refractivity contribution is -0.116. The number of nitrogens with zero attached hydrogens (tertiary/aromatic N) is 3. The van der Waals surface area contributed by atoms with Crippen molar-refractivity contribution in [2.24, 2.45) is 0 Å². The Hall–Kier alpha value is -3.19. The molecule has 2 N–H and O–H groups in total. The number of ether oxygens (including phenoxy) is 1. The minimum atomic E-state index is -0.0574. The van der Waals surface area contributed by atoms with Crippen LogP contribution in [0.25, 0.3) is 0 Å². The SMILES string of the molecule is O=C(CCc1cc2n(n1)CCNC2)Nc1ccccc1OCc1ccccn1. The Morgan fingerprint density at radius 1 is 1.18 bits per heavy atom. The highest BCUT2D eigenvalue weighted by molar-refractivity contribution is 5.92. The van der Waals surface area contributed by atoms with Crippen molar-refractivity contribution >= 4 is 11.6 Å². The molecule has 144 valence electrons. The number of pyridine rings is 1. The van der Waals surface area contributed by atoms with Crippen LogP contribution in [0.2, 0.25) is 0 Å². The highest BCUT2D eigenvalue weighted by Crippen LogP contribution is 2.25. The number of nitrogens with one attached hydrogen (secondary N) is 2. The van der Waals surface area contributed by atoms with Crippen molar-refractivity contribution in [1.82, 2.24) is 20.1 Å². The Bertz CT molecular complexity index is 915. The first-order valence-corrected chi connectivity index (χ1v) is 9.46. The van der Waals surface area contributed by atoms with Crippen molar-refractivity contribution in [2.75, 3.05) is 11.9 Å². The molecule has 0 atom stereocenters. The fourth-order valence-corrected chi connectivity index (χ4v) is 3.16. The first kappa shape index (κ1) is 18.2. The van der Waals surface area contributed by atoms with Crippen LogP contribution in [-0.2, 0) is 30.9 Å². The molecule has 0 radical (unpaired) electrons. The van der Waals surface area contributed by atoms with Crippen molar-refractivity contribution in [2.45, 2.75) is 32.5 Å². The summed E-state index contributed by atoms with van der Waals surface area (Å²) in [4.78, 5) is 16.7. The molecule has 3 heterocycles. The number of carbonyl (C=O) groups excluding carboxylic acids is 1. The second-order valence-corrected chi connectivity index (χ2v) is 6.68. The third kappa shape index (κ3) is 4.55. The Morgan fingerprint density at radius 3 is 2.93 bits per heavy atom. The number of anilines is 1. The van der Waals surface area contributed by atoms with Gasteiger partial charge >= 0.3 is 0 Å². The molecule has 1 aliphatic heterocycles. The maximum atomic E-state index is 12.4. The summed E-state index contributed by atoms with van der Waals surface area (Å²) in [5.41, 5.74) is 3.63. The van der Waals surface area contributed by atoms with Crippen molar-refractivity contribution < 1.29 is 9.53 Å². The standard InChI is InChI=1S/C21H23N5O2/c27-21(9-8-16-13-18-14-22-11-12-26(18)25-16)24-19-6-1-2-7-20(19)28-15-17-5-3-4-10-23-17/h1-7,10,13,22H,8-9,11-12,14-15H2,(H,24,27). The van der Waals surface area contributed by atoms with E-state index in [1.54, 1.807) is 6.20 Å². The molecule has 2 aromatic heterocycles. The molecule has 1 aromatic carbocycles. The largest absolute Gasteiger partial charge is 0.485 e. The molecule has 0 aliphatic carbocycles. The number of aryl methyl sites for hydroxylation is 1. The molecule has 0 saturated carbocycles. The average molecular weight is 377 g/mol. The van der Waals surface area contributed by atoms with Gasteiger partial charge in [0.1, 0.15) is 12.4 Å². The zero-order chi connectivity index (χ0) is 19.2. The summed E-state index contributed by atoms with van der Waals surface area (Å²) in [7, 11) is 0. The molecule has 3 aromatic rings. The van der Waals surface area contributed by atoms with E-state index in [-0.39, 0.29) is 5.91 Å². The predicted octanol–water partition coefficient (Wildman–Crippen LogP) is 2.53. The normalized spacial score (nSPS) is 13.0. The third-order valence-electron chi connectivity index (χ3n) is 4.59. The van der Waals surface area contributed by atoms with E-state index >= 15 is 0 Å². The van der Waals surface area contributed by atoms with Gasteiger partial charge in [0.2, 0.25) is 5.91 Å². The summed E-state index contributed by atoms with van der Waals surface area (Å²) in [5.74, 6) is 0.572. The lowest BCUT2D eigenvalue weighted by Gasteiger charge is -2.13. The lowest BCUT2D eigenvalue weighted by Crippen LogP contribution is -2.28. The fraction of sp³-hybridized carbons (Fsp3) is 0.286. The highest BCUT2D eigenvalue weighted by Gasteiger charge is 2.13. The van der Waals surface area contributed by atoms with E-state index in [9.17, 15) is 4.79 Å². The molecule has 0 saturated heterocycles. The molecule has 0 unspecified atom stereocenters. The van der Waals surface area contributed by atoms with Crippen LogP contribution < -0.4 is 15.4 Å². The van der Waals surface area contributed by atoms with Gasteiger partial charge in [-0.15, -0.1) is 0 Å². The summed E-state index contributed by atoms with van der Waals surface area (Å²) in [6.07, 6.45) is 2.72. The topological polar surface area (TPSA) is 81.1 Å². The molecule has 7 nitrogen and oxygen atoms in total. The van der Waals surface area contributed by atoms with Crippen LogP contribution in [0.1, 0.15) is 23.5 Å². The Balaban J connectivity index is 1.33. The van der Waals surface area contributed by atoms with Gasteiger partial charge in [-0.05, 0) is 30.3 Å². The second-order valence-electron chi connectivity index (χ2n) is 6.68. The van der Waals surface area contributed by atoms with Gasteiger partial charge in [0.05, 0.1) is 29.3 Å². The number of hydrogen-bond donors (Lipinski definition) is 2. The van der Waals surface area contributed by atoms with Gasteiger partial charge < -0.3 is 15.4 Å². The van der Waals surface area contributed by atoms with Gasteiger partial charge in [0.15, 0.2) is 0 Å². The van der Waals surface area contributed by atoms with Crippen LogP contribution in [-0.4, -0.2) is 27.2 Å². The summed E-state index contributed by atoms with van der Waals surface area (Å²) in [5, 5.41) is 10.8. The summed E-state index contributed by atoms with van der Waals surface area (Å²) in [6, 6.07) is 15.2. The number of aromatic nitrogens is 3. The van der Waals surface area contributed by atoms with E-state index in [0.29, 0.717) is 30.9 Å². The van der Waals surface area contributed by atoms with Crippen molar-refractivity contribution in [1.29, 1.82) is 0 Å². The molecular formula is C21H23N5O2. The van der Waals surface area contributed by atoms with Gasteiger partial charge in [-0.3, -0.25) is 14.5 Å². The Kier molecular flexibility index (Phi) is 5.63. The van der Waals surface area contributed by atoms with Gasteiger partial charge in [-0.25, -0.2) is 0 Å². The zero-order valence-electron chi connectivity index (χ0n) is 15.6. The zero-order valence-corrected chi connectivity index (χ0v) is 15.6. The maximum Gasteiger partial charge on any atom is 0.224 e. The number of carbonyl (C=O) groups is 1. The van der Waals surface area contributed by atoms with Crippen LogP contribution in [0, 0.1) is 0 Å². The predicted molar refractivity (Wildman–Crippen MR) is 106 cm³/mol. The van der Waals surface area contributed by atoms with E-state index in [4.69, 9.17) is 4.74 Å². The van der Waals surface area contributed by atoms with Gasteiger partial charge in [-0.2, -0.15) is 5.10 Å². The molecular weight excluding hydrogens is 354 g/mol. The van der Waals surface area contributed by atoms with Gasteiger partial charge in [0.25, 0.3) is 0 Å². The Labute approximate surface area is 163 Å². The molecule has 4 rings (SSSR count). The van der Waals surface area contributed by atoms with Crippen LogP contribution in [0.5, 0.6) is 5.75 Å². The summed E-state index contributed by atoms with van der Waals surface area (Å²) < 4.78 is 7.86. The van der Waals surface area contributed by atoms with Crippen LogP contribution >= 0.6 is 0 Å². The minimum Gasteiger partial charge on any atom is -0.485 e. The number of hydrogen-bond acceptors (Lipinski definition) is 5. The number of benzene rings is 1. The van der Waals surface area contributed by atoms with E-state index in [1.165, 1.54) is 5.69 Å². The average Bonchev–Trinajstić information content (AvgIpc) is 3.15. The van der Waals surface area contributed by atoms with Gasteiger partial charge in [0, 0.05) is 32.1 Å². The van der Waals surface area contributed by atoms with E-state index in [0.717, 1.165) is 31.0 Å². The molecule has 0 fully saturated rings.